The molecule has 101 heavy (non-hydrogen) atoms. The van der Waals surface area contributed by atoms with Gasteiger partial charge in [0.1, 0.15) is 11.4 Å². The van der Waals surface area contributed by atoms with E-state index in [1.54, 1.807) is 0 Å². The molecule has 546 valence electrons. The van der Waals surface area contributed by atoms with Crippen LogP contribution in [0.4, 0.5) is 0 Å². The molecule has 11 rings (SSSR count). The second kappa shape index (κ2) is 35.8. The van der Waals surface area contributed by atoms with E-state index in [0.717, 1.165) is 11.8 Å². The van der Waals surface area contributed by atoms with Gasteiger partial charge in [-0.05, 0) is 93.2 Å². The Morgan fingerprint density at radius 1 is 0.386 bits per heavy atom. The highest BCUT2D eigenvalue weighted by Gasteiger charge is 2.33. The number of benzene rings is 4. The second-order valence-electron chi connectivity index (χ2n) is 31.5. The van der Waals surface area contributed by atoms with Crippen molar-refractivity contribution in [3.63, 3.8) is 0 Å². The van der Waals surface area contributed by atoms with Gasteiger partial charge in [0.2, 0.25) is 34.2 Å². The minimum Gasteiger partial charge on any atom is -0.164 e. The lowest BCUT2D eigenvalue weighted by Crippen LogP contribution is -2.45. The van der Waals surface area contributed by atoms with Crippen LogP contribution >= 0.6 is 0 Å². The molecule has 14 nitrogen and oxygen atoms in total. The van der Waals surface area contributed by atoms with Gasteiger partial charge >= 0.3 is 0 Å². The molecule has 7 aromatic heterocycles. The molecule has 0 spiro atoms. The fraction of sp³-hybridized carbons (Fsp3) is 0.483. The smallest absolute Gasteiger partial charge is 0.164 e. The molecule has 0 aliphatic carbocycles. The van der Waals surface area contributed by atoms with Crippen LogP contribution in [0.2, 0.25) is 0 Å². The SMILES string of the molecule is CC(C)Cc1cc(CC(C)C)[n+](C)n1C.CC(C)c1cc(C(C)C)[n+](C)n1C.Cc1cc(C)[n+](C)n1C.Cc1cccc(C)c1-c1cc(-c2c(C)cccc2C)[n+](C)n1C.Cn1c(-c2ccccc2)cc(-c2ccccc2)[n+]1C.Cn1c(C(C)(C)C)cc(C(C)(C)C)[n+]1C.Cn1ccc[n+]1C. The van der Waals surface area contributed by atoms with E-state index in [0.29, 0.717) is 11.8 Å². The Labute approximate surface area is 611 Å². The standard InChI is InChI=1S/C21H25N2.C17H17N2.2C13H25N2.C11H21N2.C7H13N2.C5H9N2/c1-14-9-7-10-15(2)20(14)18-13-19(23(6)22(18)5)21-16(3)11-8-12-17(21)4;1-18-16(14-9-5-3-6-10-14)13-17(19(18)2)15-11-7-4-8-12-15;1-12(2,3)10-9-11(13(4,5)6)15(8)14(10)7;1-10(2)7-12-9-13(8-11(3)4)15(6)14(12)5;1-8(2)10-7-11(9(3)4)13(6)12(10)5;1-6-5-7(2)9(4)8(6)3;1-6-4-3-5-7(6)2/h7-13H,1-6H3;3-13H,1-2H3;9H,1-8H3;9-11H,7-8H2,1-6H3;7-9H,1-6H3;5H,1-4H3;3-5H,1-2H3/q7*+1. The third kappa shape index (κ3) is 21.2. The zero-order chi connectivity index (χ0) is 76.0. The lowest BCUT2D eigenvalue weighted by molar-refractivity contribution is -0.760. The number of aryl methyl sites for hydroxylation is 8. The van der Waals surface area contributed by atoms with Crippen LogP contribution in [0, 0.1) is 53.4 Å². The molecule has 4 aromatic carbocycles. The maximum atomic E-state index is 2.36. The van der Waals surface area contributed by atoms with E-state index < -0.39 is 0 Å². The van der Waals surface area contributed by atoms with Gasteiger partial charge in [0, 0.05) is 89.2 Å². The average molecular weight is 1380 g/mol. The monoisotopic (exact) mass is 1380 g/mol. The minimum atomic E-state index is 0.204. The summed E-state index contributed by atoms with van der Waals surface area (Å²) < 4.78 is 30.6. The molecular formula is C87H135N14+7. The lowest BCUT2D eigenvalue weighted by atomic mass is 9.88. The predicted molar refractivity (Wildman–Crippen MR) is 419 cm³/mol. The molecule has 0 saturated heterocycles. The maximum Gasteiger partial charge on any atom is 0.239 e. The lowest BCUT2D eigenvalue weighted by Gasteiger charge is -2.16. The summed E-state index contributed by atoms with van der Waals surface area (Å²) in [4.78, 5) is 0. The maximum absolute atomic E-state index is 2.36. The molecule has 0 N–H and O–H groups in total. The van der Waals surface area contributed by atoms with E-state index in [1.807, 2.05) is 54.1 Å². The van der Waals surface area contributed by atoms with Crippen molar-refractivity contribution in [2.75, 3.05) is 0 Å². The largest absolute Gasteiger partial charge is 0.239 e. The van der Waals surface area contributed by atoms with E-state index in [-0.39, 0.29) is 10.8 Å². The summed E-state index contributed by atoms with van der Waals surface area (Å²) in [6, 6.07) is 49.7. The molecule has 0 fully saturated rings. The van der Waals surface area contributed by atoms with E-state index in [4.69, 9.17) is 0 Å². The van der Waals surface area contributed by atoms with Gasteiger partial charge < -0.3 is 0 Å². The Kier molecular flexibility index (Phi) is 29.4. The van der Waals surface area contributed by atoms with Crippen molar-refractivity contribution in [2.24, 2.45) is 111 Å². The van der Waals surface area contributed by atoms with Crippen molar-refractivity contribution in [1.29, 1.82) is 0 Å². The highest BCUT2D eigenvalue weighted by atomic mass is 15.4. The first-order valence-corrected chi connectivity index (χ1v) is 36.5. The van der Waals surface area contributed by atoms with Crippen molar-refractivity contribution >= 4 is 0 Å². The molecule has 0 bridgehead atoms. The van der Waals surface area contributed by atoms with Gasteiger partial charge in [-0.2, -0.15) is 32.8 Å². The van der Waals surface area contributed by atoms with Gasteiger partial charge in [0.25, 0.3) is 0 Å². The zero-order valence-electron chi connectivity index (χ0n) is 69.4. The minimum absolute atomic E-state index is 0.204. The number of hydrogen-bond acceptors (Lipinski definition) is 0. The highest BCUT2D eigenvalue weighted by molar-refractivity contribution is 5.74. The van der Waals surface area contributed by atoms with Crippen LogP contribution in [-0.2, 0) is 122 Å². The first kappa shape index (κ1) is 83.0. The van der Waals surface area contributed by atoms with Gasteiger partial charge in [-0.25, -0.2) is 0 Å². The molecule has 0 amide bonds. The molecule has 7 heterocycles. The Morgan fingerprint density at radius 2 is 0.871 bits per heavy atom. The molecule has 0 aliphatic heterocycles. The summed E-state index contributed by atoms with van der Waals surface area (Å²) in [5.74, 6) is 2.66. The van der Waals surface area contributed by atoms with Gasteiger partial charge in [0.05, 0.1) is 83.9 Å². The first-order valence-electron chi connectivity index (χ1n) is 36.5. The Morgan fingerprint density at radius 3 is 1.24 bits per heavy atom. The van der Waals surface area contributed by atoms with Crippen molar-refractivity contribution in [3.05, 3.63) is 220 Å². The summed E-state index contributed by atoms with van der Waals surface area (Å²) in [6.45, 7) is 44.5. The van der Waals surface area contributed by atoms with Gasteiger partial charge in [-0.15, -0.1) is 32.8 Å². The predicted octanol–water partition coefficient (Wildman–Crippen LogP) is 14.7. The molecule has 0 atom stereocenters. The quantitative estimate of drug-likeness (QED) is 0.123. The summed E-state index contributed by atoms with van der Waals surface area (Å²) in [6.07, 6.45) is 6.34. The Balaban J connectivity index is 0.000000218. The Bertz CT molecular complexity index is 4120. The molecular weight excluding hydrogens is 1240 g/mol. The number of nitrogens with zero attached hydrogens (tertiary/aromatic N) is 14. The highest BCUT2D eigenvalue weighted by Crippen LogP contribution is 2.33. The van der Waals surface area contributed by atoms with Crippen LogP contribution in [0.5, 0.6) is 0 Å². The van der Waals surface area contributed by atoms with Gasteiger partial charge in [-0.3, -0.25) is 0 Å². The van der Waals surface area contributed by atoms with Crippen LogP contribution in [0.1, 0.15) is 177 Å². The molecule has 14 heteroatoms. The summed E-state index contributed by atoms with van der Waals surface area (Å²) in [5.41, 5.74) is 26.9. The van der Waals surface area contributed by atoms with Crippen molar-refractivity contribution in [1.82, 2.24) is 32.8 Å². The second-order valence-corrected chi connectivity index (χ2v) is 31.5. The molecule has 0 aliphatic rings. The van der Waals surface area contributed by atoms with E-state index in [2.05, 4.69) is 401 Å². The normalized spacial score (nSPS) is 11.3. The third-order valence-electron chi connectivity index (χ3n) is 19.9. The molecule has 0 radical (unpaired) electrons. The van der Waals surface area contributed by atoms with Crippen molar-refractivity contribution in [2.45, 2.75) is 174 Å². The number of rotatable bonds is 10. The van der Waals surface area contributed by atoms with Crippen LogP contribution in [0.3, 0.4) is 0 Å². The van der Waals surface area contributed by atoms with E-state index >= 15 is 0 Å². The molecule has 11 aromatic rings. The summed E-state index contributed by atoms with van der Waals surface area (Å²) in [5, 5.41) is 0. The van der Waals surface area contributed by atoms with Crippen LogP contribution in [0.15, 0.2) is 152 Å². The van der Waals surface area contributed by atoms with E-state index in [9.17, 15) is 0 Å². The average Bonchev–Trinajstić information content (AvgIpc) is 1.64. The van der Waals surface area contributed by atoms with Crippen LogP contribution in [-0.4, -0.2) is 32.8 Å². The van der Waals surface area contributed by atoms with Crippen molar-refractivity contribution < 1.29 is 32.8 Å². The first-order chi connectivity index (χ1) is 47.0. The van der Waals surface area contributed by atoms with Crippen molar-refractivity contribution in [3.8, 4) is 45.0 Å². The van der Waals surface area contributed by atoms with Crippen LogP contribution in [0.25, 0.3) is 45.0 Å². The topological polar surface area (TPSA) is 61.7 Å². The molecule has 0 saturated carbocycles. The zero-order valence-corrected chi connectivity index (χ0v) is 69.4. The van der Waals surface area contributed by atoms with E-state index in [1.165, 1.54) is 126 Å². The molecule has 0 unspecified atom stereocenters. The fourth-order valence-corrected chi connectivity index (χ4v) is 13.2. The fourth-order valence-electron chi connectivity index (χ4n) is 13.2. The number of hydrogen-bond donors (Lipinski definition) is 0. The van der Waals surface area contributed by atoms with Crippen LogP contribution < -0.4 is 32.8 Å². The summed E-state index contributed by atoms with van der Waals surface area (Å²) >= 11 is 0. The third-order valence-corrected chi connectivity index (χ3v) is 19.9. The Hall–Kier alpha value is -8.65. The van der Waals surface area contributed by atoms with Gasteiger partial charge in [-0.1, -0.05) is 182 Å². The summed E-state index contributed by atoms with van der Waals surface area (Å²) in [7, 11) is 29.4. The van der Waals surface area contributed by atoms with Gasteiger partial charge in [0.15, 0.2) is 55.5 Å². The number of aromatic nitrogens is 14.